The highest BCUT2D eigenvalue weighted by Crippen LogP contribution is 2.59. The molecule has 2 heterocycles. The van der Waals surface area contributed by atoms with E-state index in [0.29, 0.717) is 5.75 Å². The third kappa shape index (κ3) is 3.59. The topological polar surface area (TPSA) is 29.5 Å². The van der Waals surface area contributed by atoms with Gasteiger partial charge in [0.05, 0.1) is 0 Å². The highest BCUT2D eigenvalue weighted by molar-refractivity contribution is 8.67. The molecule has 2 aromatic heterocycles. The van der Waals surface area contributed by atoms with E-state index in [-0.39, 0.29) is 0 Å². The highest BCUT2D eigenvalue weighted by Gasteiger charge is 2.18. The number of thiophene rings is 2. The summed E-state index contributed by atoms with van der Waals surface area (Å²) in [5.74, 6) is 0.647. The van der Waals surface area contributed by atoms with Crippen molar-refractivity contribution < 1.29 is 9.42 Å². The van der Waals surface area contributed by atoms with Crippen molar-refractivity contribution in [2.24, 2.45) is 0 Å². The molecule has 0 saturated carbocycles. The highest BCUT2D eigenvalue weighted by atomic mass is 32.9. The van der Waals surface area contributed by atoms with Crippen molar-refractivity contribution in [3.63, 3.8) is 0 Å². The van der Waals surface area contributed by atoms with E-state index in [1.54, 1.807) is 17.4 Å². The molecule has 2 rings (SSSR count). The maximum absolute atomic E-state index is 9.93. The summed E-state index contributed by atoms with van der Waals surface area (Å²) >= 11 is 9.37. The minimum atomic E-state index is -2.81. The fourth-order valence-electron chi connectivity index (χ4n) is 0.893. The van der Waals surface area contributed by atoms with Gasteiger partial charge in [-0.15, -0.1) is 11.3 Å². The van der Waals surface area contributed by atoms with Crippen LogP contribution >= 0.6 is 39.7 Å². The van der Waals surface area contributed by atoms with Crippen molar-refractivity contribution >= 4 is 51.6 Å². The van der Waals surface area contributed by atoms with Crippen LogP contribution in [0.1, 0.15) is 0 Å². The third-order valence-corrected chi connectivity index (χ3v) is 6.51. The Bertz CT molecular complexity index is 411. The van der Waals surface area contributed by atoms with Crippen LogP contribution in [-0.2, 0) is 11.8 Å². The lowest BCUT2D eigenvalue weighted by Gasteiger charge is -2.13. The van der Waals surface area contributed by atoms with Crippen molar-refractivity contribution in [3.05, 3.63) is 33.7 Å². The number of hydrogen-bond donors (Lipinski definition) is 1. The molecule has 0 saturated heterocycles. The van der Waals surface area contributed by atoms with Gasteiger partial charge in [-0.05, 0) is 46.1 Å². The van der Waals surface area contributed by atoms with E-state index >= 15 is 0 Å². The van der Waals surface area contributed by atoms with Crippen molar-refractivity contribution in [1.29, 1.82) is 0 Å². The maximum atomic E-state index is 9.93. The van der Waals surface area contributed by atoms with Gasteiger partial charge in [0.2, 0.25) is 0 Å². The predicted octanol–water partition coefficient (Wildman–Crippen LogP) is 4.20. The fraction of sp³-hybridized carbons (Fsp3) is 0. The van der Waals surface area contributed by atoms with Crippen molar-refractivity contribution in [1.82, 2.24) is 0 Å². The molecule has 15 heavy (non-hydrogen) atoms. The Labute approximate surface area is 105 Å². The summed E-state index contributed by atoms with van der Waals surface area (Å²) in [4.78, 5) is 10.9. The van der Waals surface area contributed by atoms with Gasteiger partial charge in [0, 0.05) is 15.7 Å². The zero-order valence-corrected chi connectivity index (χ0v) is 11.6. The van der Waals surface area contributed by atoms with Crippen LogP contribution < -0.4 is 4.52 Å². The Morgan fingerprint density at radius 2 is 2.00 bits per heavy atom. The summed E-state index contributed by atoms with van der Waals surface area (Å²) in [7, 11) is 0. The molecule has 0 amide bonds. The van der Waals surface area contributed by atoms with Gasteiger partial charge in [-0.3, -0.25) is 0 Å². The van der Waals surface area contributed by atoms with E-state index in [1.807, 2.05) is 27.6 Å². The normalized spacial score (nSPS) is 14.7. The van der Waals surface area contributed by atoms with Crippen molar-refractivity contribution in [2.75, 3.05) is 0 Å². The van der Waals surface area contributed by atoms with Gasteiger partial charge in [0.1, 0.15) is 5.75 Å². The molecular formula is C8H7O2PS4. The zero-order valence-electron chi connectivity index (χ0n) is 7.40. The van der Waals surface area contributed by atoms with E-state index in [2.05, 4.69) is 0 Å². The van der Waals surface area contributed by atoms with Crippen LogP contribution in [-0.4, -0.2) is 4.89 Å². The van der Waals surface area contributed by atoms with E-state index in [4.69, 9.17) is 16.3 Å². The first-order valence-corrected chi connectivity index (χ1v) is 9.90. The smallest absolute Gasteiger partial charge is 0.299 e. The van der Waals surface area contributed by atoms with E-state index in [1.165, 1.54) is 22.7 Å². The second-order valence-electron chi connectivity index (χ2n) is 2.57. The van der Waals surface area contributed by atoms with Crippen LogP contribution in [0.25, 0.3) is 0 Å². The van der Waals surface area contributed by atoms with E-state index < -0.39 is 5.69 Å². The first-order valence-electron chi connectivity index (χ1n) is 3.92. The zero-order chi connectivity index (χ0) is 10.7. The SMILES string of the molecule is OP(=S)(Oc1ccsc1)Sc1ccsc1. The average Bonchev–Trinajstić information content (AvgIpc) is 2.75. The van der Waals surface area contributed by atoms with Crippen LogP contribution in [0.5, 0.6) is 5.75 Å². The Morgan fingerprint density at radius 3 is 2.60 bits per heavy atom. The summed E-state index contributed by atoms with van der Waals surface area (Å²) in [5, 5.41) is 7.60. The predicted molar refractivity (Wildman–Crippen MR) is 71.6 cm³/mol. The fourth-order valence-corrected chi connectivity index (χ4v) is 6.04. The lowest BCUT2D eigenvalue weighted by Crippen LogP contribution is -1.85. The molecule has 0 fully saturated rings. The standard InChI is InChI=1S/C8H7O2PS4/c9-11(12,10-7-1-3-13-5-7)15-8-2-4-14-6-8/h1-6H,(H,9,12). The van der Waals surface area contributed by atoms with Gasteiger partial charge >= 0.3 is 0 Å². The maximum Gasteiger partial charge on any atom is 0.299 e. The second-order valence-corrected chi connectivity index (χ2v) is 10.1. The first-order chi connectivity index (χ1) is 7.16. The molecule has 1 unspecified atom stereocenters. The lowest BCUT2D eigenvalue weighted by molar-refractivity contribution is 0.506. The van der Waals surface area contributed by atoms with Gasteiger partial charge in [-0.25, -0.2) is 0 Å². The van der Waals surface area contributed by atoms with Gasteiger partial charge < -0.3 is 9.42 Å². The first kappa shape index (κ1) is 11.6. The molecule has 0 aromatic carbocycles. The molecule has 1 atom stereocenters. The lowest BCUT2D eigenvalue weighted by atomic mass is 10.6. The summed E-state index contributed by atoms with van der Waals surface area (Å²) in [6, 6.07) is 3.72. The van der Waals surface area contributed by atoms with Gasteiger partial charge in [-0.1, -0.05) is 0 Å². The molecular weight excluding hydrogens is 287 g/mol. The van der Waals surface area contributed by atoms with Crippen molar-refractivity contribution in [3.8, 4) is 5.75 Å². The third-order valence-electron chi connectivity index (χ3n) is 1.43. The molecule has 2 nitrogen and oxygen atoms in total. The second kappa shape index (κ2) is 4.99. The Balaban J connectivity index is 2.04. The molecule has 7 heteroatoms. The van der Waals surface area contributed by atoms with E-state index in [0.717, 1.165) is 4.90 Å². The summed E-state index contributed by atoms with van der Waals surface area (Å²) in [5.41, 5.74) is -2.81. The number of rotatable bonds is 4. The Kier molecular flexibility index (Phi) is 3.88. The Hall–Kier alpha value is 0.160. The minimum Gasteiger partial charge on any atom is -0.435 e. The summed E-state index contributed by atoms with van der Waals surface area (Å²) in [6.45, 7) is 0. The molecule has 0 aliphatic rings. The minimum absolute atomic E-state index is 0.647. The van der Waals surface area contributed by atoms with Crippen LogP contribution in [0.3, 0.4) is 0 Å². The number of hydrogen-bond acceptors (Lipinski definition) is 5. The summed E-state index contributed by atoms with van der Waals surface area (Å²) in [6.07, 6.45) is 0. The van der Waals surface area contributed by atoms with Crippen LogP contribution in [0, 0.1) is 0 Å². The Morgan fingerprint density at radius 1 is 1.27 bits per heavy atom. The van der Waals surface area contributed by atoms with E-state index in [9.17, 15) is 4.89 Å². The molecule has 80 valence electrons. The quantitative estimate of drug-likeness (QED) is 0.856. The van der Waals surface area contributed by atoms with Gasteiger partial charge in [0.15, 0.2) is 0 Å². The largest absolute Gasteiger partial charge is 0.435 e. The molecule has 1 N–H and O–H groups in total. The van der Waals surface area contributed by atoms with Crippen LogP contribution in [0.15, 0.2) is 38.5 Å². The van der Waals surface area contributed by atoms with Gasteiger partial charge in [-0.2, -0.15) is 11.3 Å². The van der Waals surface area contributed by atoms with Crippen LogP contribution in [0.4, 0.5) is 0 Å². The monoisotopic (exact) mass is 294 g/mol. The average molecular weight is 294 g/mol. The van der Waals surface area contributed by atoms with Crippen LogP contribution in [0.2, 0.25) is 0 Å². The molecule has 0 aliphatic heterocycles. The molecule has 0 spiro atoms. The molecule has 0 aliphatic carbocycles. The molecule has 0 radical (unpaired) electrons. The molecule has 2 aromatic rings. The molecule has 0 bridgehead atoms. The van der Waals surface area contributed by atoms with Gasteiger partial charge in [0.25, 0.3) is 5.69 Å². The van der Waals surface area contributed by atoms with Crippen molar-refractivity contribution in [2.45, 2.75) is 4.90 Å². The summed E-state index contributed by atoms with van der Waals surface area (Å²) < 4.78 is 5.37.